The van der Waals surface area contributed by atoms with Gasteiger partial charge in [-0.3, -0.25) is 4.79 Å². The minimum absolute atomic E-state index is 0.0225. The van der Waals surface area contributed by atoms with Crippen LogP contribution in [0.15, 0.2) is 36.9 Å². The first-order valence-electron chi connectivity index (χ1n) is 8.83. The maximum Gasteiger partial charge on any atom is 0.329 e. The number of benzene rings is 1. The van der Waals surface area contributed by atoms with E-state index in [0.717, 1.165) is 19.3 Å². The van der Waals surface area contributed by atoms with E-state index in [-0.39, 0.29) is 19.1 Å². The van der Waals surface area contributed by atoms with Crippen LogP contribution in [0, 0.1) is 0 Å². The molecular formula is C19H28N2O6. The highest BCUT2D eigenvalue weighted by Gasteiger charge is 2.13. The molecule has 1 amide bonds. The van der Waals surface area contributed by atoms with Gasteiger partial charge in [0.15, 0.2) is 6.29 Å². The number of carbonyl (C=O) groups is 2. The number of carboxylic acids is 1. The summed E-state index contributed by atoms with van der Waals surface area (Å²) in [4.78, 5) is 22.8. The molecule has 0 saturated carbocycles. The fraction of sp³-hybridized carbons (Fsp3) is 0.474. The molecule has 0 spiro atoms. The standard InChI is InChI=1S/C19H28N2O6/c1-2-11-25-18(27-13-17(22)23)14-26-16-8-6-7-15(12-16)19(24)21-10-5-3-4-9-20/h2,6-8,12,18H,1,3-5,9-11,13-14,20H2,(H,21,24)(H,22,23). The molecule has 0 bridgehead atoms. The second-order valence-corrected chi connectivity index (χ2v) is 5.70. The third kappa shape index (κ3) is 10.3. The van der Waals surface area contributed by atoms with Crippen LogP contribution in [0.4, 0.5) is 0 Å². The minimum Gasteiger partial charge on any atom is -0.488 e. The SMILES string of the molecule is C=CCOC(COc1cccc(C(=O)NCCCCCN)c1)OCC(=O)O. The molecule has 0 aromatic heterocycles. The Morgan fingerprint density at radius 2 is 2.07 bits per heavy atom. The summed E-state index contributed by atoms with van der Waals surface area (Å²) in [5, 5.41) is 11.5. The van der Waals surface area contributed by atoms with Crippen molar-refractivity contribution < 1.29 is 28.9 Å². The molecule has 150 valence electrons. The number of ether oxygens (including phenoxy) is 3. The molecule has 0 saturated heterocycles. The van der Waals surface area contributed by atoms with Crippen LogP contribution >= 0.6 is 0 Å². The highest BCUT2D eigenvalue weighted by molar-refractivity contribution is 5.94. The summed E-state index contributed by atoms with van der Waals surface area (Å²) in [5.74, 6) is -0.834. The highest BCUT2D eigenvalue weighted by atomic mass is 16.7. The Bertz CT molecular complexity index is 593. The van der Waals surface area contributed by atoms with E-state index >= 15 is 0 Å². The zero-order chi connectivity index (χ0) is 19.9. The van der Waals surface area contributed by atoms with Gasteiger partial charge in [-0.05, 0) is 37.6 Å². The molecule has 1 aromatic rings. The third-order valence-corrected chi connectivity index (χ3v) is 3.44. The van der Waals surface area contributed by atoms with Gasteiger partial charge in [0.25, 0.3) is 5.91 Å². The Labute approximate surface area is 159 Å². The van der Waals surface area contributed by atoms with E-state index in [9.17, 15) is 9.59 Å². The lowest BCUT2D eigenvalue weighted by Gasteiger charge is -2.17. The van der Waals surface area contributed by atoms with Gasteiger partial charge in [0.2, 0.25) is 0 Å². The van der Waals surface area contributed by atoms with Crippen molar-refractivity contribution in [3.05, 3.63) is 42.5 Å². The summed E-state index contributed by atoms with van der Waals surface area (Å²) < 4.78 is 16.0. The van der Waals surface area contributed by atoms with Crippen molar-refractivity contribution in [1.82, 2.24) is 5.32 Å². The summed E-state index contributed by atoms with van der Waals surface area (Å²) in [7, 11) is 0. The van der Waals surface area contributed by atoms with Crippen molar-refractivity contribution in [1.29, 1.82) is 0 Å². The largest absolute Gasteiger partial charge is 0.488 e. The lowest BCUT2D eigenvalue weighted by Crippen LogP contribution is -2.28. The third-order valence-electron chi connectivity index (χ3n) is 3.44. The van der Waals surface area contributed by atoms with E-state index in [0.29, 0.717) is 24.4 Å². The Balaban J connectivity index is 2.51. The van der Waals surface area contributed by atoms with Crippen molar-refractivity contribution in [3.63, 3.8) is 0 Å². The van der Waals surface area contributed by atoms with E-state index in [1.54, 1.807) is 24.3 Å². The van der Waals surface area contributed by atoms with Gasteiger partial charge < -0.3 is 30.4 Å². The van der Waals surface area contributed by atoms with Crippen LogP contribution in [-0.4, -0.2) is 56.2 Å². The van der Waals surface area contributed by atoms with Gasteiger partial charge in [-0.15, -0.1) is 6.58 Å². The Hall–Kier alpha value is -2.42. The van der Waals surface area contributed by atoms with E-state index in [1.165, 1.54) is 6.08 Å². The normalized spacial score (nSPS) is 11.6. The topological polar surface area (TPSA) is 120 Å². The Morgan fingerprint density at radius 3 is 2.78 bits per heavy atom. The highest BCUT2D eigenvalue weighted by Crippen LogP contribution is 2.14. The number of nitrogens with two attached hydrogens (primary N) is 1. The lowest BCUT2D eigenvalue weighted by atomic mass is 10.2. The fourth-order valence-corrected chi connectivity index (χ4v) is 2.13. The van der Waals surface area contributed by atoms with Gasteiger partial charge in [-0.25, -0.2) is 4.79 Å². The maximum absolute atomic E-state index is 12.2. The summed E-state index contributed by atoms with van der Waals surface area (Å²) >= 11 is 0. The number of aliphatic carboxylic acids is 1. The lowest BCUT2D eigenvalue weighted by molar-refractivity contribution is -0.172. The van der Waals surface area contributed by atoms with E-state index in [1.807, 2.05) is 0 Å². The molecule has 1 rings (SSSR count). The first-order chi connectivity index (χ1) is 13.1. The monoisotopic (exact) mass is 380 g/mol. The molecule has 0 aliphatic heterocycles. The van der Waals surface area contributed by atoms with Gasteiger partial charge in [0.05, 0.1) is 6.61 Å². The van der Waals surface area contributed by atoms with E-state index < -0.39 is 18.9 Å². The Kier molecular flexibility index (Phi) is 11.5. The van der Waals surface area contributed by atoms with Crippen LogP contribution in [0.2, 0.25) is 0 Å². The second kappa shape index (κ2) is 13.7. The van der Waals surface area contributed by atoms with Crippen LogP contribution in [-0.2, 0) is 14.3 Å². The number of nitrogens with one attached hydrogen (secondary N) is 1. The first kappa shape index (κ1) is 22.6. The number of hydrogen-bond donors (Lipinski definition) is 3. The van der Waals surface area contributed by atoms with Crippen LogP contribution in [0.3, 0.4) is 0 Å². The molecule has 0 aliphatic carbocycles. The predicted molar refractivity (Wildman–Crippen MR) is 101 cm³/mol. The smallest absolute Gasteiger partial charge is 0.329 e. The molecule has 0 fully saturated rings. The molecule has 1 unspecified atom stereocenters. The number of hydrogen-bond acceptors (Lipinski definition) is 6. The van der Waals surface area contributed by atoms with E-state index in [4.69, 9.17) is 25.1 Å². The number of unbranched alkanes of at least 4 members (excludes halogenated alkanes) is 2. The molecule has 0 aliphatic rings. The molecule has 8 nitrogen and oxygen atoms in total. The van der Waals surface area contributed by atoms with Crippen molar-refractivity contribution in [2.24, 2.45) is 5.73 Å². The van der Waals surface area contributed by atoms with Gasteiger partial charge in [-0.1, -0.05) is 18.6 Å². The number of carbonyl (C=O) groups excluding carboxylic acids is 1. The molecular weight excluding hydrogens is 352 g/mol. The van der Waals surface area contributed by atoms with Crippen LogP contribution in [0.25, 0.3) is 0 Å². The van der Waals surface area contributed by atoms with Crippen molar-refractivity contribution in [3.8, 4) is 5.75 Å². The second-order valence-electron chi connectivity index (χ2n) is 5.70. The summed E-state index contributed by atoms with van der Waals surface area (Å²) in [6, 6.07) is 6.70. The molecule has 1 atom stereocenters. The van der Waals surface area contributed by atoms with Crippen molar-refractivity contribution >= 4 is 11.9 Å². The van der Waals surface area contributed by atoms with Crippen LogP contribution < -0.4 is 15.8 Å². The van der Waals surface area contributed by atoms with Gasteiger partial charge in [0, 0.05) is 12.1 Å². The van der Waals surface area contributed by atoms with Gasteiger partial charge >= 0.3 is 5.97 Å². The zero-order valence-electron chi connectivity index (χ0n) is 15.4. The maximum atomic E-state index is 12.2. The van der Waals surface area contributed by atoms with Crippen LogP contribution in [0.5, 0.6) is 5.75 Å². The molecule has 1 aromatic carbocycles. The molecule has 0 heterocycles. The molecule has 27 heavy (non-hydrogen) atoms. The van der Waals surface area contributed by atoms with Crippen molar-refractivity contribution in [2.45, 2.75) is 25.6 Å². The first-order valence-corrected chi connectivity index (χ1v) is 8.83. The number of carboxylic acid groups (broad SMARTS) is 1. The summed E-state index contributed by atoms with van der Waals surface area (Å²) in [5.41, 5.74) is 5.91. The zero-order valence-corrected chi connectivity index (χ0v) is 15.4. The predicted octanol–water partition coefficient (Wildman–Crippen LogP) is 1.55. The summed E-state index contributed by atoms with van der Waals surface area (Å²) in [6.45, 7) is 4.44. The Morgan fingerprint density at radius 1 is 1.26 bits per heavy atom. The van der Waals surface area contributed by atoms with Gasteiger partial charge in [0.1, 0.15) is 19.0 Å². The quantitative estimate of drug-likeness (QED) is 0.240. The average Bonchev–Trinajstić information content (AvgIpc) is 2.67. The van der Waals surface area contributed by atoms with Gasteiger partial charge in [-0.2, -0.15) is 0 Å². The number of rotatable bonds is 15. The number of amides is 1. The molecule has 4 N–H and O–H groups in total. The van der Waals surface area contributed by atoms with Crippen LogP contribution in [0.1, 0.15) is 29.6 Å². The molecule has 0 radical (unpaired) electrons. The fourth-order valence-electron chi connectivity index (χ4n) is 2.13. The van der Waals surface area contributed by atoms with E-state index in [2.05, 4.69) is 11.9 Å². The summed E-state index contributed by atoms with van der Waals surface area (Å²) in [6.07, 6.45) is 3.46. The molecule has 8 heteroatoms. The minimum atomic E-state index is -1.10. The average molecular weight is 380 g/mol. The van der Waals surface area contributed by atoms with Crippen molar-refractivity contribution in [2.75, 3.05) is 32.9 Å².